The van der Waals surface area contributed by atoms with Crippen LogP contribution in [0.1, 0.15) is 57.0 Å². The molecule has 1 saturated heterocycles. The summed E-state index contributed by atoms with van der Waals surface area (Å²) in [6.07, 6.45) is 1.38. The maximum absolute atomic E-state index is 13.1. The number of nitrogens with one attached hydrogen (secondary N) is 1. The molecule has 2 unspecified atom stereocenters. The van der Waals surface area contributed by atoms with Crippen LogP contribution in [-0.4, -0.2) is 47.4 Å². The maximum atomic E-state index is 13.1. The molecule has 176 valence electrons. The van der Waals surface area contributed by atoms with Gasteiger partial charge in [0.05, 0.1) is 5.92 Å². The summed E-state index contributed by atoms with van der Waals surface area (Å²) >= 11 is 0. The van der Waals surface area contributed by atoms with Crippen LogP contribution in [0.15, 0.2) is 48.5 Å². The molecule has 0 aromatic heterocycles. The van der Waals surface area contributed by atoms with E-state index in [4.69, 9.17) is 4.74 Å². The third-order valence-corrected chi connectivity index (χ3v) is 5.60. The van der Waals surface area contributed by atoms with Gasteiger partial charge in [-0.15, -0.1) is 0 Å². The van der Waals surface area contributed by atoms with Crippen LogP contribution >= 0.6 is 0 Å². The number of rotatable bonds is 6. The fourth-order valence-corrected chi connectivity index (χ4v) is 4.12. The van der Waals surface area contributed by atoms with E-state index in [9.17, 15) is 14.4 Å². The standard InChI is InChI=1S/C27H34N2O4/c1-18(28-19(2)30)15-20-9-11-21(12-10-20)22-7-6-8-23(16-22)25(31)29-14-13-24(17-29)26(32)33-27(3,4)5/h6-12,16,18,24H,13-15,17H2,1-5H3,(H,28,30). The van der Waals surface area contributed by atoms with Crippen LogP contribution in [0.4, 0.5) is 0 Å². The first-order valence-corrected chi connectivity index (χ1v) is 11.5. The van der Waals surface area contributed by atoms with Gasteiger partial charge in [-0.3, -0.25) is 14.4 Å². The predicted octanol–water partition coefficient (Wildman–Crippen LogP) is 4.22. The molecule has 6 nitrogen and oxygen atoms in total. The lowest BCUT2D eigenvalue weighted by Crippen LogP contribution is -2.32. The Balaban J connectivity index is 1.65. The highest BCUT2D eigenvalue weighted by Gasteiger charge is 2.34. The van der Waals surface area contributed by atoms with Gasteiger partial charge in [-0.05, 0) is 69.4 Å². The Bertz CT molecular complexity index is 1010. The lowest BCUT2D eigenvalue weighted by Gasteiger charge is -2.22. The van der Waals surface area contributed by atoms with Gasteiger partial charge in [0.1, 0.15) is 5.60 Å². The topological polar surface area (TPSA) is 75.7 Å². The van der Waals surface area contributed by atoms with Gasteiger partial charge >= 0.3 is 5.97 Å². The summed E-state index contributed by atoms with van der Waals surface area (Å²) in [5.41, 5.74) is 3.21. The first kappa shape index (κ1) is 24.5. The van der Waals surface area contributed by atoms with Crippen molar-refractivity contribution in [2.75, 3.05) is 13.1 Å². The number of ether oxygens (including phenoxy) is 1. The van der Waals surface area contributed by atoms with Crippen molar-refractivity contribution >= 4 is 17.8 Å². The molecular weight excluding hydrogens is 416 g/mol. The van der Waals surface area contributed by atoms with E-state index in [1.807, 2.05) is 76.2 Å². The molecule has 3 rings (SSSR count). The van der Waals surface area contributed by atoms with Crippen LogP contribution in [-0.2, 0) is 20.7 Å². The molecule has 6 heteroatoms. The monoisotopic (exact) mass is 450 g/mol. The van der Waals surface area contributed by atoms with Crippen LogP contribution in [0, 0.1) is 5.92 Å². The fourth-order valence-electron chi connectivity index (χ4n) is 4.12. The summed E-state index contributed by atoms with van der Waals surface area (Å²) < 4.78 is 5.49. The molecule has 1 aliphatic rings. The van der Waals surface area contributed by atoms with Gasteiger partial charge in [-0.25, -0.2) is 0 Å². The highest BCUT2D eigenvalue weighted by Crippen LogP contribution is 2.25. The molecule has 0 radical (unpaired) electrons. The third-order valence-electron chi connectivity index (χ3n) is 5.60. The minimum atomic E-state index is -0.527. The molecule has 0 aliphatic carbocycles. The van der Waals surface area contributed by atoms with Crippen molar-refractivity contribution < 1.29 is 19.1 Å². The molecule has 0 bridgehead atoms. The summed E-state index contributed by atoms with van der Waals surface area (Å²) in [6.45, 7) is 10.00. The van der Waals surface area contributed by atoms with E-state index in [1.165, 1.54) is 6.92 Å². The molecule has 2 aromatic carbocycles. The first-order chi connectivity index (χ1) is 15.5. The molecule has 1 N–H and O–H groups in total. The van der Waals surface area contributed by atoms with Gasteiger partial charge in [-0.2, -0.15) is 0 Å². The summed E-state index contributed by atoms with van der Waals surface area (Å²) in [5, 5.41) is 2.90. The fraction of sp³-hybridized carbons (Fsp3) is 0.444. The van der Waals surface area contributed by atoms with Gasteiger partial charge in [0, 0.05) is 31.6 Å². The Kier molecular flexibility index (Phi) is 7.57. The average molecular weight is 451 g/mol. The van der Waals surface area contributed by atoms with Gasteiger partial charge in [-0.1, -0.05) is 36.4 Å². The first-order valence-electron chi connectivity index (χ1n) is 11.5. The van der Waals surface area contributed by atoms with Crippen LogP contribution < -0.4 is 5.32 Å². The van der Waals surface area contributed by atoms with Crippen molar-refractivity contribution in [3.05, 3.63) is 59.7 Å². The second-order valence-corrected chi connectivity index (χ2v) is 9.85. The molecular formula is C27H34N2O4. The van der Waals surface area contributed by atoms with E-state index in [-0.39, 0.29) is 29.7 Å². The van der Waals surface area contributed by atoms with Gasteiger partial charge in [0.15, 0.2) is 0 Å². The average Bonchev–Trinajstić information content (AvgIpc) is 3.22. The number of hydrogen-bond donors (Lipinski definition) is 1. The summed E-state index contributed by atoms with van der Waals surface area (Å²) in [6, 6.07) is 15.8. The zero-order valence-electron chi connectivity index (χ0n) is 20.2. The molecule has 1 aliphatic heterocycles. The van der Waals surface area contributed by atoms with E-state index >= 15 is 0 Å². The summed E-state index contributed by atoms with van der Waals surface area (Å²) in [5.74, 6) is -0.608. The van der Waals surface area contributed by atoms with Gasteiger partial charge < -0.3 is 15.0 Å². The van der Waals surface area contributed by atoms with Crippen LogP contribution in [0.2, 0.25) is 0 Å². The Morgan fingerprint density at radius 1 is 1.09 bits per heavy atom. The zero-order valence-corrected chi connectivity index (χ0v) is 20.2. The molecule has 2 atom stereocenters. The van der Waals surface area contributed by atoms with E-state index in [2.05, 4.69) is 5.32 Å². The molecule has 1 fully saturated rings. The smallest absolute Gasteiger partial charge is 0.311 e. The number of likely N-dealkylation sites (tertiary alicyclic amines) is 1. The summed E-state index contributed by atoms with van der Waals surface area (Å²) in [7, 11) is 0. The van der Waals surface area contributed by atoms with Crippen LogP contribution in [0.5, 0.6) is 0 Å². The Morgan fingerprint density at radius 2 is 1.79 bits per heavy atom. The Labute approximate surface area is 196 Å². The van der Waals surface area contributed by atoms with Crippen molar-refractivity contribution in [3.63, 3.8) is 0 Å². The lowest BCUT2D eigenvalue weighted by molar-refractivity contribution is -0.159. The third kappa shape index (κ3) is 6.91. The van der Waals surface area contributed by atoms with E-state index in [1.54, 1.807) is 4.90 Å². The highest BCUT2D eigenvalue weighted by atomic mass is 16.6. The van der Waals surface area contributed by atoms with Gasteiger partial charge in [0.25, 0.3) is 5.91 Å². The van der Waals surface area contributed by atoms with Crippen molar-refractivity contribution in [1.29, 1.82) is 0 Å². The number of nitrogens with zero attached hydrogens (tertiary/aromatic N) is 1. The van der Waals surface area contributed by atoms with Crippen molar-refractivity contribution in [2.45, 2.75) is 59.1 Å². The molecule has 1 heterocycles. The predicted molar refractivity (Wildman–Crippen MR) is 129 cm³/mol. The molecule has 2 amide bonds. The van der Waals surface area contributed by atoms with Crippen molar-refractivity contribution in [1.82, 2.24) is 10.2 Å². The number of esters is 1. The van der Waals surface area contributed by atoms with Crippen molar-refractivity contribution in [3.8, 4) is 11.1 Å². The highest BCUT2D eigenvalue weighted by molar-refractivity contribution is 5.96. The van der Waals surface area contributed by atoms with E-state index in [0.717, 1.165) is 23.1 Å². The molecule has 2 aromatic rings. The van der Waals surface area contributed by atoms with Crippen molar-refractivity contribution in [2.24, 2.45) is 5.92 Å². The number of benzene rings is 2. The number of amides is 2. The van der Waals surface area contributed by atoms with Gasteiger partial charge in [0.2, 0.25) is 5.91 Å². The Hall–Kier alpha value is -3.15. The van der Waals surface area contributed by atoms with Crippen LogP contribution in [0.3, 0.4) is 0 Å². The maximum Gasteiger partial charge on any atom is 0.311 e. The SMILES string of the molecule is CC(=O)NC(C)Cc1ccc(-c2cccc(C(=O)N3CCC(C(=O)OC(C)(C)C)C3)c2)cc1. The second kappa shape index (κ2) is 10.2. The minimum absolute atomic E-state index is 0.0315. The number of carbonyl (C=O) groups excluding carboxylic acids is 3. The number of carbonyl (C=O) groups is 3. The van der Waals surface area contributed by atoms with E-state index in [0.29, 0.717) is 25.1 Å². The second-order valence-electron chi connectivity index (χ2n) is 9.85. The summed E-state index contributed by atoms with van der Waals surface area (Å²) in [4.78, 5) is 38.4. The zero-order chi connectivity index (χ0) is 24.2. The Morgan fingerprint density at radius 3 is 2.42 bits per heavy atom. The lowest BCUT2D eigenvalue weighted by atomic mass is 9.99. The number of hydrogen-bond acceptors (Lipinski definition) is 4. The quantitative estimate of drug-likeness (QED) is 0.669. The molecule has 33 heavy (non-hydrogen) atoms. The van der Waals surface area contributed by atoms with Crippen LogP contribution in [0.25, 0.3) is 11.1 Å². The minimum Gasteiger partial charge on any atom is -0.460 e. The normalized spacial score (nSPS) is 16.9. The molecule has 0 saturated carbocycles. The van der Waals surface area contributed by atoms with E-state index < -0.39 is 5.60 Å². The largest absolute Gasteiger partial charge is 0.460 e. The molecule has 0 spiro atoms.